The first-order valence-electron chi connectivity index (χ1n) is 7.20. The van der Waals surface area contributed by atoms with Gasteiger partial charge in [-0.25, -0.2) is 4.39 Å². The summed E-state index contributed by atoms with van der Waals surface area (Å²) in [5.74, 6) is -0.202. The molecule has 0 amide bonds. The van der Waals surface area contributed by atoms with Gasteiger partial charge in [-0.15, -0.1) is 0 Å². The third-order valence-corrected chi connectivity index (χ3v) is 4.65. The van der Waals surface area contributed by atoms with Crippen molar-refractivity contribution in [3.63, 3.8) is 0 Å². The van der Waals surface area contributed by atoms with E-state index >= 15 is 0 Å². The molecule has 2 heterocycles. The van der Waals surface area contributed by atoms with Crippen LogP contribution in [0.4, 0.5) is 10.1 Å². The molecule has 1 aromatic heterocycles. The quantitative estimate of drug-likeness (QED) is 0.661. The van der Waals surface area contributed by atoms with Crippen molar-refractivity contribution in [3.05, 3.63) is 65.6 Å². The molecule has 21 heavy (non-hydrogen) atoms. The molecule has 3 heteroatoms. The largest absolute Gasteiger partial charge is 0.377 e. The molecule has 0 radical (unpaired) electrons. The average molecular weight is 280 g/mol. The fraction of sp³-hybridized carbons (Fsp3) is 0.222. The van der Waals surface area contributed by atoms with Crippen molar-refractivity contribution in [3.8, 4) is 0 Å². The van der Waals surface area contributed by atoms with Gasteiger partial charge in [0, 0.05) is 28.2 Å². The lowest BCUT2D eigenvalue weighted by Gasteiger charge is -2.27. The monoisotopic (exact) mass is 280 g/mol. The highest BCUT2D eigenvalue weighted by molar-refractivity contribution is 5.85. The predicted octanol–water partition coefficient (Wildman–Crippen LogP) is 4.75. The van der Waals surface area contributed by atoms with E-state index in [0.717, 1.165) is 10.9 Å². The number of fused-ring (bicyclic) bond motifs is 2. The Morgan fingerprint density at radius 1 is 1.05 bits per heavy atom. The van der Waals surface area contributed by atoms with E-state index in [1.165, 1.54) is 17.3 Å². The highest BCUT2D eigenvalue weighted by atomic mass is 19.1. The minimum absolute atomic E-state index is 0.0436. The summed E-state index contributed by atoms with van der Waals surface area (Å²) in [5, 5.41) is 4.55. The molecule has 0 bridgehead atoms. The molecule has 0 spiro atoms. The van der Waals surface area contributed by atoms with Gasteiger partial charge in [0.05, 0.1) is 11.6 Å². The second-order valence-corrected chi connectivity index (χ2v) is 6.25. The van der Waals surface area contributed by atoms with Crippen molar-refractivity contribution in [1.82, 2.24) is 4.98 Å². The maximum absolute atomic E-state index is 13.9. The van der Waals surface area contributed by atoms with Crippen molar-refractivity contribution in [2.75, 3.05) is 5.32 Å². The maximum atomic E-state index is 13.9. The molecule has 4 rings (SSSR count). The molecule has 2 aromatic carbocycles. The Morgan fingerprint density at radius 3 is 2.67 bits per heavy atom. The van der Waals surface area contributed by atoms with Crippen molar-refractivity contribution in [2.24, 2.45) is 0 Å². The molecule has 1 unspecified atom stereocenters. The second kappa shape index (κ2) is 4.10. The third-order valence-electron chi connectivity index (χ3n) is 4.65. The van der Waals surface area contributed by atoms with Gasteiger partial charge in [0.2, 0.25) is 0 Å². The van der Waals surface area contributed by atoms with E-state index in [2.05, 4.69) is 42.3 Å². The summed E-state index contributed by atoms with van der Waals surface area (Å²) in [7, 11) is 0. The van der Waals surface area contributed by atoms with Crippen LogP contribution in [0.1, 0.15) is 31.0 Å². The molecular weight excluding hydrogens is 263 g/mol. The van der Waals surface area contributed by atoms with E-state index in [4.69, 9.17) is 0 Å². The Hall–Kier alpha value is -2.29. The number of hydrogen-bond donors (Lipinski definition) is 2. The number of aromatic amines is 1. The van der Waals surface area contributed by atoms with Crippen LogP contribution in [0.25, 0.3) is 10.9 Å². The summed E-state index contributed by atoms with van der Waals surface area (Å²) < 4.78 is 13.9. The number of para-hydroxylation sites is 2. The fourth-order valence-corrected chi connectivity index (χ4v) is 3.51. The number of aromatic nitrogens is 1. The van der Waals surface area contributed by atoms with Gasteiger partial charge >= 0.3 is 0 Å². The second-order valence-electron chi connectivity index (χ2n) is 6.25. The van der Waals surface area contributed by atoms with Crippen LogP contribution in [0.3, 0.4) is 0 Å². The van der Waals surface area contributed by atoms with Gasteiger partial charge < -0.3 is 10.3 Å². The highest BCUT2D eigenvalue weighted by Gasteiger charge is 2.40. The van der Waals surface area contributed by atoms with Crippen LogP contribution >= 0.6 is 0 Å². The van der Waals surface area contributed by atoms with E-state index in [9.17, 15) is 4.39 Å². The minimum atomic E-state index is -0.202. The van der Waals surface area contributed by atoms with Crippen LogP contribution in [0.2, 0.25) is 0 Å². The molecule has 0 aliphatic carbocycles. The van der Waals surface area contributed by atoms with Crippen molar-refractivity contribution >= 4 is 16.6 Å². The first-order chi connectivity index (χ1) is 10.1. The summed E-state index contributed by atoms with van der Waals surface area (Å²) in [6.07, 6.45) is 1.93. The van der Waals surface area contributed by atoms with Gasteiger partial charge in [-0.2, -0.15) is 0 Å². The molecular formula is C18H17FN2. The Labute approximate surface area is 123 Å². The number of H-pyrrole nitrogens is 1. The number of hydrogen-bond acceptors (Lipinski definition) is 1. The van der Waals surface area contributed by atoms with Gasteiger partial charge in [0.1, 0.15) is 5.82 Å². The number of benzene rings is 2. The highest BCUT2D eigenvalue weighted by Crippen LogP contribution is 2.49. The number of nitrogens with one attached hydrogen (secondary N) is 2. The Morgan fingerprint density at radius 2 is 1.86 bits per heavy atom. The Balaban J connectivity index is 1.90. The van der Waals surface area contributed by atoms with E-state index in [-0.39, 0.29) is 17.3 Å². The molecule has 2 N–H and O–H groups in total. The lowest BCUT2D eigenvalue weighted by atomic mass is 9.78. The van der Waals surface area contributed by atoms with Crippen molar-refractivity contribution < 1.29 is 4.39 Å². The number of halogens is 1. The van der Waals surface area contributed by atoms with Crippen LogP contribution in [0.5, 0.6) is 0 Å². The molecule has 0 saturated heterocycles. The molecule has 2 nitrogen and oxygen atoms in total. The molecule has 3 aromatic rings. The molecule has 1 aliphatic rings. The third kappa shape index (κ3) is 1.63. The molecule has 1 aliphatic heterocycles. The first-order valence-corrected chi connectivity index (χ1v) is 7.20. The summed E-state index contributed by atoms with van der Waals surface area (Å²) >= 11 is 0. The zero-order chi connectivity index (χ0) is 14.6. The molecule has 106 valence electrons. The maximum Gasteiger partial charge on any atom is 0.147 e. The van der Waals surface area contributed by atoms with Crippen LogP contribution in [-0.2, 0) is 5.41 Å². The normalized spacial score (nSPS) is 19.5. The van der Waals surface area contributed by atoms with Crippen LogP contribution < -0.4 is 5.32 Å². The SMILES string of the molecule is CC1(C)c2ccccc2NC1c1c[nH]c2c(F)cccc12. The van der Waals surface area contributed by atoms with Gasteiger partial charge in [-0.05, 0) is 17.7 Å². The van der Waals surface area contributed by atoms with E-state index < -0.39 is 0 Å². The van der Waals surface area contributed by atoms with Gasteiger partial charge in [0.25, 0.3) is 0 Å². The molecule has 0 saturated carbocycles. The lowest BCUT2D eigenvalue weighted by molar-refractivity contribution is 0.476. The standard InChI is InChI=1S/C18H17FN2/c1-18(2)13-7-3-4-9-15(13)21-17(18)12-10-20-16-11(12)6-5-8-14(16)19/h3-10,17,20-21H,1-2H3. The fourth-order valence-electron chi connectivity index (χ4n) is 3.51. The summed E-state index contributed by atoms with van der Waals surface area (Å²) in [5.41, 5.74) is 4.13. The summed E-state index contributed by atoms with van der Waals surface area (Å²) in [6.45, 7) is 4.46. The van der Waals surface area contributed by atoms with E-state index in [1.807, 2.05) is 18.3 Å². The molecule has 0 fully saturated rings. The van der Waals surface area contributed by atoms with E-state index in [1.54, 1.807) is 6.07 Å². The lowest BCUT2D eigenvalue weighted by Crippen LogP contribution is -2.25. The minimum Gasteiger partial charge on any atom is -0.377 e. The van der Waals surface area contributed by atoms with Gasteiger partial charge in [-0.1, -0.05) is 44.2 Å². The topological polar surface area (TPSA) is 27.8 Å². The first kappa shape index (κ1) is 12.5. The Kier molecular flexibility index (Phi) is 2.43. The summed E-state index contributed by atoms with van der Waals surface area (Å²) in [6, 6.07) is 13.7. The van der Waals surface area contributed by atoms with Crippen molar-refractivity contribution in [1.29, 1.82) is 0 Å². The van der Waals surface area contributed by atoms with Crippen LogP contribution in [0.15, 0.2) is 48.7 Å². The number of rotatable bonds is 1. The van der Waals surface area contributed by atoms with Crippen LogP contribution in [-0.4, -0.2) is 4.98 Å². The van der Waals surface area contributed by atoms with Crippen LogP contribution in [0, 0.1) is 5.82 Å². The smallest absolute Gasteiger partial charge is 0.147 e. The van der Waals surface area contributed by atoms with Gasteiger partial charge in [-0.3, -0.25) is 0 Å². The zero-order valence-electron chi connectivity index (χ0n) is 12.1. The number of anilines is 1. The summed E-state index contributed by atoms with van der Waals surface area (Å²) in [4.78, 5) is 3.08. The van der Waals surface area contributed by atoms with Gasteiger partial charge in [0.15, 0.2) is 0 Å². The van der Waals surface area contributed by atoms with Crippen molar-refractivity contribution in [2.45, 2.75) is 25.3 Å². The Bertz CT molecular complexity index is 832. The average Bonchev–Trinajstić information content (AvgIpc) is 3.00. The molecule has 1 atom stereocenters. The van der Waals surface area contributed by atoms with E-state index in [0.29, 0.717) is 5.52 Å². The zero-order valence-corrected chi connectivity index (χ0v) is 12.1. The predicted molar refractivity (Wildman–Crippen MR) is 84.1 cm³/mol.